The van der Waals surface area contributed by atoms with Gasteiger partial charge in [0.25, 0.3) is 0 Å². The van der Waals surface area contributed by atoms with Crippen LogP contribution in [0.5, 0.6) is 0 Å². The van der Waals surface area contributed by atoms with Crippen LogP contribution in [0.4, 0.5) is 0 Å². The molecule has 3 N–H and O–H groups in total. The van der Waals surface area contributed by atoms with Crippen LogP contribution in [0.1, 0.15) is 39.5 Å². The van der Waals surface area contributed by atoms with Gasteiger partial charge in [0.1, 0.15) is 0 Å². The summed E-state index contributed by atoms with van der Waals surface area (Å²) in [6, 6.07) is 0.746. The van der Waals surface area contributed by atoms with Crippen LogP contribution in [0.3, 0.4) is 0 Å². The van der Waals surface area contributed by atoms with Gasteiger partial charge in [-0.25, -0.2) is 0 Å². The quantitative estimate of drug-likeness (QED) is 0.624. The molecule has 1 saturated carbocycles. The van der Waals surface area contributed by atoms with E-state index in [1.807, 2.05) is 0 Å². The first-order valence-corrected chi connectivity index (χ1v) is 7.34. The lowest BCUT2D eigenvalue weighted by Crippen LogP contribution is -2.42. The van der Waals surface area contributed by atoms with Crippen molar-refractivity contribution in [3.8, 4) is 0 Å². The fourth-order valence-electron chi connectivity index (χ4n) is 3.02. The molecule has 2 fully saturated rings. The number of hydrogen-bond donors (Lipinski definition) is 3. The van der Waals surface area contributed by atoms with Crippen LogP contribution < -0.4 is 5.32 Å². The normalized spacial score (nSPS) is 32.7. The molecule has 2 aliphatic rings. The van der Waals surface area contributed by atoms with Crippen LogP contribution in [0.15, 0.2) is 0 Å². The highest BCUT2D eigenvalue weighted by Gasteiger charge is 2.35. The Labute approximate surface area is 110 Å². The highest BCUT2D eigenvalue weighted by atomic mass is 16.3. The van der Waals surface area contributed by atoms with Gasteiger partial charge in [-0.1, -0.05) is 20.3 Å². The molecule has 0 radical (unpaired) electrons. The van der Waals surface area contributed by atoms with Crippen LogP contribution in [0.25, 0.3) is 0 Å². The summed E-state index contributed by atoms with van der Waals surface area (Å²) in [6.07, 6.45) is 3.89. The molecule has 1 saturated heterocycles. The van der Waals surface area contributed by atoms with Crippen molar-refractivity contribution in [3.05, 3.63) is 0 Å². The highest BCUT2D eigenvalue weighted by molar-refractivity contribution is 4.90. The number of hydrogen-bond acceptors (Lipinski definition) is 4. The molecule has 0 spiro atoms. The van der Waals surface area contributed by atoms with Crippen LogP contribution >= 0.6 is 0 Å². The first kappa shape index (κ1) is 14.3. The SMILES string of the molecule is CCCC(C)(CNC1CC1)CN1CC(O)C(O)C1. The van der Waals surface area contributed by atoms with Crippen molar-refractivity contribution in [2.45, 2.75) is 57.8 Å². The second kappa shape index (κ2) is 5.87. The van der Waals surface area contributed by atoms with Gasteiger partial charge in [-0.15, -0.1) is 0 Å². The van der Waals surface area contributed by atoms with Gasteiger partial charge in [-0.05, 0) is 24.7 Å². The molecule has 4 nitrogen and oxygen atoms in total. The molecule has 0 aromatic heterocycles. The van der Waals surface area contributed by atoms with Crippen LogP contribution in [0.2, 0.25) is 0 Å². The van der Waals surface area contributed by atoms with Gasteiger partial charge in [0.05, 0.1) is 12.2 Å². The zero-order valence-electron chi connectivity index (χ0n) is 11.7. The van der Waals surface area contributed by atoms with Crippen molar-refractivity contribution in [2.75, 3.05) is 26.2 Å². The molecule has 1 heterocycles. The molecule has 3 atom stereocenters. The van der Waals surface area contributed by atoms with Gasteiger partial charge in [-0.3, -0.25) is 4.90 Å². The lowest BCUT2D eigenvalue weighted by molar-refractivity contribution is 0.0572. The summed E-state index contributed by atoms with van der Waals surface area (Å²) in [5.74, 6) is 0. The third-order valence-corrected chi connectivity index (χ3v) is 4.19. The van der Waals surface area contributed by atoms with Crippen molar-refractivity contribution in [3.63, 3.8) is 0 Å². The third kappa shape index (κ3) is 3.92. The van der Waals surface area contributed by atoms with E-state index < -0.39 is 12.2 Å². The summed E-state index contributed by atoms with van der Waals surface area (Å²) in [5.41, 5.74) is 0.251. The Kier molecular flexibility index (Phi) is 4.64. The minimum absolute atomic E-state index is 0.251. The Bertz CT molecular complexity index is 261. The maximum atomic E-state index is 9.62. The van der Waals surface area contributed by atoms with E-state index in [2.05, 4.69) is 24.1 Å². The summed E-state index contributed by atoms with van der Waals surface area (Å²) in [6.45, 7) is 7.79. The monoisotopic (exact) mass is 256 g/mol. The molecule has 0 aromatic rings. The Balaban J connectivity index is 1.83. The fourth-order valence-corrected chi connectivity index (χ4v) is 3.02. The van der Waals surface area contributed by atoms with Crippen LogP contribution in [-0.4, -0.2) is 59.5 Å². The van der Waals surface area contributed by atoms with Gasteiger partial charge < -0.3 is 15.5 Å². The second-order valence-electron chi connectivity index (χ2n) is 6.54. The molecular weight excluding hydrogens is 228 g/mol. The largest absolute Gasteiger partial charge is 0.389 e. The fraction of sp³-hybridized carbons (Fsp3) is 1.00. The van der Waals surface area contributed by atoms with Crippen molar-refractivity contribution < 1.29 is 10.2 Å². The Hall–Kier alpha value is -0.160. The standard InChI is InChI=1S/C14H28N2O2/c1-3-6-14(2,9-15-11-4-5-11)10-16-7-12(17)13(18)8-16/h11-13,15,17-18H,3-10H2,1-2H3. The van der Waals surface area contributed by atoms with Crippen molar-refractivity contribution in [1.29, 1.82) is 0 Å². The average Bonchev–Trinajstić information content (AvgIpc) is 3.05. The summed E-state index contributed by atoms with van der Waals surface area (Å²) < 4.78 is 0. The topological polar surface area (TPSA) is 55.7 Å². The lowest BCUT2D eigenvalue weighted by atomic mass is 9.84. The van der Waals surface area contributed by atoms with E-state index in [9.17, 15) is 10.2 Å². The number of rotatable bonds is 7. The number of nitrogens with one attached hydrogen (secondary N) is 1. The summed E-state index contributed by atoms with van der Waals surface area (Å²) in [5, 5.41) is 22.9. The van der Waals surface area contributed by atoms with E-state index >= 15 is 0 Å². The van der Waals surface area contributed by atoms with E-state index in [0.29, 0.717) is 13.1 Å². The van der Waals surface area contributed by atoms with Crippen LogP contribution in [-0.2, 0) is 0 Å². The molecule has 0 amide bonds. The van der Waals surface area contributed by atoms with Gasteiger partial charge in [0.15, 0.2) is 0 Å². The Morgan fingerprint density at radius 2 is 1.83 bits per heavy atom. The second-order valence-corrected chi connectivity index (χ2v) is 6.54. The minimum Gasteiger partial charge on any atom is -0.389 e. The molecule has 1 aliphatic carbocycles. The molecule has 106 valence electrons. The van der Waals surface area contributed by atoms with Gasteiger partial charge in [0, 0.05) is 32.2 Å². The number of aliphatic hydroxyl groups is 2. The summed E-state index contributed by atoms with van der Waals surface area (Å²) in [7, 11) is 0. The van der Waals surface area contributed by atoms with Crippen molar-refractivity contribution in [2.24, 2.45) is 5.41 Å². The summed E-state index contributed by atoms with van der Waals surface area (Å²) in [4.78, 5) is 2.21. The highest BCUT2D eigenvalue weighted by Crippen LogP contribution is 2.28. The Morgan fingerprint density at radius 1 is 1.22 bits per heavy atom. The van der Waals surface area contributed by atoms with E-state index in [-0.39, 0.29) is 5.41 Å². The zero-order chi connectivity index (χ0) is 13.2. The van der Waals surface area contributed by atoms with Gasteiger partial charge >= 0.3 is 0 Å². The van der Waals surface area contributed by atoms with E-state index in [0.717, 1.165) is 19.1 Å². The maximum absolute atomic E-state index is 9.62. The third-order valence-electron chi connectivity index (χ3n) is 4.19. The molecule has 4 heteroatoms. The molecule has 1 aliphatic heterocycles. The molecule has 2 rings (SSSR count). The zero-order valence-corrected chi connectivity index (χ0v) is 11.7. The minimum atomic E-state index is -0.563. The first-order valence-electron chi connectivity index (χ1n) is 7.34. The molecule has 0 bridgehead atoms. The summed E-state index contributed by atoms with van der Waals surface area (Å²) >= 11 is 0. The number of nitrogens with zero attached hydrogens (tertiary/aromatic N) is 1. The van der Waals surface area contributed by atoms with E-state index in [4.69, 9.17) is 0 Å². The lowest BCUT2D eigenvalue weighted by Gasteiger charge is -2.34. The van der Waals surface area contributed by atoms with Crippen LogP contribution in [0, 0.1) is 5.41 Å². The smallest absolute Gasteiger partial charge is 0.0938 e. The Morgan fingerprint density at radius 3 is 2.33 bits per heavy atom. The molecule has 3 unspecified atom stereocenters. The predicted molar refractivity (Wildman–Crippen MR) is 72.5 cm³/mol. The number of aliphatic hydroxyl groups excluding tert-OH is 2. The van der Waals surface area contributed by atoms with E-state index in [1.165, 1.54) is 25.7 Å². The predicted octanol–water partition coefficient (Wildman–Crippen LogP) is 0.582. The first-order chi connectivity index (χ1) is 8.52. The molecule has 0 aromatic carbocycles. The van der Waals surface area contributed by atoms with E-state index in [1.54, 1.807) is 0 Å². The van der Waals surface area contributed by atoms with Gasteiger partial charge in [0.2, 0.25) is 0 Å². The van der Waals surface area contributed by atoms with Crippen molar-refractivity contribution >= 4 is 0 Å². The van der Waals surface area contributed by atoms with Gasteiger partial charge in [-0.2, -0.15) is 0 Å². The number of likely N-dealkylation sites (tertiary alicyclic amines) is 1. The maximum Gasteiger partial charge on any atom is 0.0938 e. The molecular formula is C14H28N2O2. The number of β-amino-alcohol motifs (C(OH)–C–C–N with tert-alkyl or cyclic N) is 2. The molecule has 18 heavy (non-hydrogen) atoms. The van der Waals surface area contributed by atoms with Crippen molar-refractivity contribution in [1.82, 2.24) is 10.2 Å². The average molecular weight is 256 g/mol.